The van der Waals surface area contributed by atoms with E-state index >= 15 is 0 Å². The predicted molar refractivity (Wildman–Crippen MR) is 94.0 cm³/mol. The molecule has 0 spiro atoms. The SMILES string of the molecule is CCNc1nnc(S[C@@H](C)C(=O)c2[nH]c(C)c(C(C)=O)c2C)s1. The first-order chi connectivity index (χ1) is 10.8. The van der Waals surface area contributed by atoms with Crippen LogP contribution in [0.25, 0.3) is 0 Å². The largest absolute Gasteiger partial charge is 0.360 e. The van der Waals surface area contributed by atoms with Gasteiger partial charge in [0.2, 0.25) is 5.13 Å². The van der Waals surface area contributed by atoms with Gasteiger partial charge >= 0.3 is 0 Å². The fourth-order valence-corrected chi connectivity index (χ4v) is 4.44. The summed E-state index contributed by atoms with van der Waals surface area (Å²) in [4.78, 5) is 27.4. The highest BCUT2D eigenvalue weighted by Gasteiger charge is 2.25. The number of nitrogens with zero attached hydrogens (tertiary/aromatic N) is 2. The van der Waals surface area contributed by atoms with Crippen LogP contribution in [0.15, 0.2) is 4.34 Å². The van der Waals surface area contributed by atoms with E-state index in [9.17, 15) is 9.59 Å². The van der Waals surface area contributed by atoms with Gasteiger partial charge < -0.3 is 10.3 Å². The molecule has 0 aliphatic heterocycles. The first-order valence-corrected chi connectivity index (χ1v) is 9.03. The molecule has 8 heteroatoms. The minimum atomic E-state index is -0.311. The molecule has 0 aromatic carbocycles. The van der Waals surface area contributed by atoms with Gasteiger partial charge in [0.25, 0.3) is 0 Å². The molecule has 0 aliphatic carbocycles. The van der Waals surface area contributed by atoms with E-state index in [-0.39, 0.29) is 16.8 Å². The smallest absolute Gasteiger partial charge is 0.206 e. The normalized spacial score (nSPS) is 12.2. The van der Waals surface area contributed by atoms with Crippen LogP contribution in [0.3, 0.4) is 0 Å². The Kier molecular flexibility index (Phi) is 5.59. The lowest BCUT2D eigenvalue weighted by Crippen LogP contribution is -2.15. The maximum Gasteiger partial charge on any atom is 0.206 e. The number of carbonyl (C=O) groups excluding carboxylic acids is 2. The molecular formula is C15H20N4O2S2. The minimum Gasteiger partial charge on any atom is -0.360 e. The Morgan fingerprint density at radius 1 is 1.35 bits per heavy atom. The van der Waals surface area contributed by atoms with E-state index < -0.39 is 0 Å². The lowest BCUT2D eigenvalue weighted by molar-refractivity contribution is 0.0988. The molecule has 1 atom stereocenters. The van der Waals surface area contributed by atoms with E-state index in [1.54, 1.807) is 6.92 Å². The molecule has 23 heavy (non-hydrogen) atoms. The van der Waals surface area contributed by atoms with E-state index in [0.29, 0.717) is 11.3 Å². The molecule has 2 heterocycles. The molecule has 0 radical (unpaired) electrons. The van der Waals surface area contributed by atoms with E-state index in [1.807, 2.05) is 20.8 Å². The van der Waals surface area contributed by atoms with Gasteiger partial charge in [-0.3, -0.25) is 9.59 Å². The molecule has 0 amide bonds. The summed E-state index contributed by atoms with van der Waals surface area (Å²) in [5, 5.41) is 11.6. The molecule has 0 bridgehead atoms. The number of hydrogen-bond acceptors (Lipinski definition) is 7. The fraction of sp³-hybridized carbons (Fsp3) is 0.467. The van der Waals surface area contributed by atoms with Gasteiger partial charge in [0.05, 0.1) is 10.9 Å². The summed E-state index contributed by atoms with van der Waals surface area (Å²) in [5.41, 5.74) is 2.57. The van der Waals surface area contributed by atoms with Crippen molar-refractivity contribution in [1.29, 1.82) is 0 Å². The summed E-state index contributed by atoms with van der Waals surface area (Å²) >= 11 is 2.80. The molecule has 0 fully saturated rings. The van der Waals surface area contributed by atoms with Crippen LogP contribution in [0.5, 0.6) is 0 Å². The summed E-state index contributed by atoms with van der Waals surface area (Å²) in [6.07, 6.45) is 0. The summed E-state index contributed by atoms with van der Waals surface area (Å²) in [6, 6.07) is 0. The maximum absolute atomic E-state index is 12.7. The molecular weight excluding hydrogens is 332 g/mol. The highest BCUT2D eigenvalue weighted by molar-refractivity contribution is 8.02. The van der Waals surface area contributed by atoms with Crippen molar-refractivity contribution in [2.75, 3.05) is 11.9 Å². The zero-order valence-electron chi connectivity index (χ0n) is 13.8. The Bertz CT molecular complexity index is 736. The molecule has 0 unspecified atom stereocenters. The van der Waals surface area contributed by atoms with Gasteiger partial charge in [-0.1, -0.05) is 23.1 Å². The van der Waals surface area contributed by atoms with Crippen molar-refractivity contribution < 1.29 is 9.59 Å². The average Bonchev–Trinajstić information content (AvgIpc) is 3.02. The van der Waals surface area contributed by atoms with Crippen molar-refractivity contribution in [3.63, 3.8) is 0 Å². The standard InChI is InChI=1S/C15H20N4O2S2/c1-6-16-14-18-19-15(23-14)22-10(5)13(21)12-7(2)11(9(4)20)8(3)17-12/h10,17H,6H2,1-5H3,(H,16,18)/t10-/m0/s1. The van der Waals surface area contributed by atoms with Gasteiger partial charge in [0, 0.05) is 17.8 Å². The number of thioether (sulfide) groups is 1. The molecule has 2 rings (SSSR count). The number of aromatic amines is 1. The second-order valence-corrected chi connectivity index (χ2v) is 7.77. The minimum absolute atomic E-state index is 0.0324. The third kappa shape index (κ3) is 3.81. The van der Waals surface area contributed by atoms with Crippen molar-refractivity contribution in [3.05, 3.63) is 22.5 Å². The summed E-state index contributed by atoms with van der Waals surface area (Å²) in [6.45, 7) is 9.74. The number of rotatable bonds is 7. The molecule has 2 N–H and O–H groups in total. The highest BCUT2D eigenvalue weighted by Crippen LogP contribution is 2.31. The van der Waals surface area contributed by atoms with Gasteiger partial charge in [-0.05, 0) is 40.2 Å². The van der Waals surface area contributed by atoms with E-state index in [4.69, 9.17) is 0 Å². The fourth-order valence-electron chi connectivity index (χ4n) is 2.41. The van der Waals surface area contributed by atoms with E-state index in [1.165, 1.54) is 30.0 Å². The van der Waals surface area contributed by atoms with Crippen LogP contribution in [0.1, 0.15) is 52.9 Å². The Labute approximate surface area is 143 Å². The maximum atomic E-state index is 12.7. The number of aryl methyl sites for hydroxylation is 1. The Morgan fingerprint density at radius 3 is 2.61 bits per heavy atom. The quantitative estimate of drug-likeness (QED) is 0.586. The molecule has 0 aliphatic rings. The first kappa shape index (κ1) is 17.7. The van der Waals surface area contributed by atoms with Crippen molar-refractivity contribution in [3.8, 4) is 0 Å². The van der Waals surface area contributed by atoms with Crippen LogP contribution in [0.4, 0.5) is 5.13 Å². The van der Waals surface area contributed by atoms with Crippen LogP contribution in [0, 0.1) is 13.8 Å². The second kappa shape index (κ2) is 7.27. The third-order valence-corrected chi connectivity index (χ3v) is 5.48. The molecule has 0 saturated heterocycles. The van der Waals surface area contributed by atoms with Crippen LogP contribution in [0.2, 0.25) is 0 Å². The van der Waals surface area contributed by atoms with E-state index in [0.717, 1.165) is 27.3 Å². The van der Waals surface area contributed by atoms with Gasteiger partial charge in [0.1, 0.15) is 0 Å². The highest BCUT2D eigenvalue weighted by atomic mass is 32.2. The number of H-pyrrole nitrogens is 1. The molecule has 6 nitrogen and oxygen atoms in total. The Morgan fingerprint density at radius 2 is 2.04 bits per heavy atom. The topological polar surface area (TPSA) is 87.7 Å². The third-order valence-electron chi connectivity index (χ3n) is 3.42. The lowest BCUT2D eigenvalue weighted by atomic mass is 10.0. The average molecular weight is 352 g/mol. The number of carbonyl (C=O) groups is 2. The van der Waals surface area contributed by atoms with E-state index in [2.05, 4.69) is 20.5 Å². The van der Waals surface area contributed by atoms with Crippen LogP contribution >= 0.6 is 23.1 Å². The second-order valence-electron chi connectivity index (χ2n) is 5.21. The predicted octanol–water partition coefficient (Wildman–Crippen LogP) is 3.48. The van der Waals surface area contributed by atoms with Crippen LogP contribution < -0.4 is 5.32 Å². The van der Waals surface area contributed by atoms with Crippen molar-refractivity contribution >= 4 is 39.8 Å². The van der Waals surface area contributed by atoms with Crippen LogP contribution in [-0.4, -0.2) is 38.5 Å². The molecule has 0 saturated carbocycles. The van der Waals surface area contributed by atoms with Crippen molar-refractivity contribution in [2.45, 2.75) is 44.2 Å². The summed E-state index contributed by atoms with van der Waals surface area (Å²) < 4.78 is 0.745. The Hall–Kier alpha value is -1.67. The first-order valence-electron chi connectivity index (χ1n) is 7.33. The number of ketones is 2. The van der Waals surface area contributed by atoms with Gasteiger partial charge in [-0.15, -0.1) is 10.2 Å². The van der Waals surface area contributed by atoms with Crippen molar-refractivity contribution in [2.24, 2.45) is 0 Å². The number of Topliss-reactive ketones (excluding diaryl/α,β-unsaturated/α-hetero) is 2. The van der Waals surface area contributed by atoms with Crippen LogP contribution in [-0.2, 0) is 0 Å². The molecule has 2 aromatic heterocycles. The molecule has 2 aromatic rings. The summed E-state index contributed by atoms with van der Waals surface area (Å²) in [7, 11) is 0. The van der Waals surface area contributed by atoms with Crippen molar-refractivity contribution in [1.82, 2.24) is 15.2 Å². The number of anilines is 1. The zero-order chi connectivity index (χ0) is 17.1. The Balaban J connectivity index is 2.16. The van der Waals surface area contributed by atoms with Gasteiger partial charge in [-0.25, -0.2) is 0 Å². The number of nitrogens with one attached hydrogen (secondary N) is 2. The number of aromatic nitrogens is 3. The zero-order valence-corrected chi connectivity index (χ0v) is 15.4. The van der Waals surface area contributed by atoms with Gasteiger partial charge in [-0.2, -0.15) is 0 Å². The summed E-state index contributed by atoms with van der Waals surface area (Å²) in [5.74, 6) is -0.0710. The lowest BCUT2D eigenvalue weighted by Gasteiger charge is -2.07. The molecule has 124 valence electrons. The number of hydrogen-bond donors (Lipinski definition) is 2. The van der Waals surface area contributed by atoms with Gasteiger partial charge in [0.15, 0.2) is 15.9 Å². The monoisotopic (exact) mass is 352 g/mol.